The maximum atomic E-state index is 9.29. The van der Waals surface area contributed by atoms with Crippen molar-refractivity contribution in [1.29, 1.82) is 5.26 Å². The Balaban J connectivity index is 1.48. The van der Waals surface area contributed by atoms with Crippen molar-refractivity contribution < 1.29 is 4.74 Å². The molecule has 0 bridgehead atoms. The molecule has 1 N–H and O–H groups in total. The number of nitriles is 1. The van der Waals surface area contributed by atoms with Crippen molar-refractivity contribution in [3.63, 3.8) is 0 Å². The maximum absolute atomic E-state index is 9.29. The van der Waals surface area contributed by atoms with Gasteiger partial charge in [-0.05, 0) is 63.9 Å². The second kappa shape index (κ2) is 12.2. The molecule has 39 heavy (non-hydrogen) atoms. The topological polar surface area (TPSA) is 80.6 Å². The summed E-state index contributed by atoms with van der Waals surface area (Å²) in [5.74, 6) is 0.978. The molecule has 2 fully saturated rings. The lowest BCUT2D eigenvalue weighted by Gasteiger charge is -2.38. The van der Waals surface area contributed by atoms with Gasteiger partial charge >= 0.3 is 6.01 Å². The summed E-state index contributed by atoms with van der Waals surface area (Å²) in [5, 5.41) is 12.8. The number of ether oxygens (including phenoxy) is 1. The highest BCUT2D eigenvalue weighted by Gasteiger charge is 2.30. The number of likely N-dealkylation sites (tertiary alicyclic amines) is 1. The van der Waals surface area contributed by atoms with Gasteiger partial charge in [0.25, 0.3) is 0 Å². The van der Waals surface area contributed by atoms with Crippen molar-refractivity contribution in [2.75, 3.05) is 56.2 Å². The number of aromatic nitrogens is 2. The molecule has 3 aliphatic rings. The second-order valence-electron chi connectivity index (χ2n) is 11.0. The summed E-state index contributed by atoms with van der Waals surface area (Å²) < 4.78 is 6.29. The Bertz CT molecular complexity index is 1270. The molecular weight excluding hydrogens is 486 g/mol. The fraction of sp³-hybridized carbons (Fsp3) is 0.516. The summed E-state index contributed by atoms with van der Waals surface area (Å²) in [7, 11) is 2.16. The van der Waals surface area contributed by atoms with Crippen molar-refractivity contribution in [3.05, 3.63) is 59.3 Å². The van der Waals surface area contributed by atoms with Crippen molar-refractivity contribution in [2.24, 2.45) is 0 Å². The van der Waals surface area contributed by atoms with Crippen molar-refractivity contribution in [2.45, 2.75) is 58.2 Å². The maximum Gasteiger partial charge on any atom is 0.318 e. The summed E-state index contributed by atoms with van der Waals surface area (Å²) >= 11 is 0. The van der Waals surface area contributed by atoms with E-state index in [0.29, 0.717) is 31.6 Å². The second-order valence-corrected chi connectivity index (χ2v) is 11.0. The quantitative estimate of drug-likeness (QED) is 0.514. The molecule has 2 unspecified atom stereocenters. The average Bonchev–Trinajstić information content (AvgIpc) is 3.35. The number of hydrogen-bond acceptors (Lipinski definition) is 8. The molecule has 8 heteroatoms. The van der Waals surface area contributed by atoms with Crippen LogP contribution in [-0.4, -0.2) is 73.3 Å². The van der Waals surface area contributed by atoms with E-state index >= 15 is 0 Å². The fourth-order valence-corrected chi connectivity index (χ4v) is 6.23. The van der Waals surface area contributed by atoms with E-state index in [9.17, 15) is 5.26 Å². The molecule has 5 rings (SSSR count). The first kappa shape index (κ1) is 27.2. The normalized spacial score (nSPS) is 21.9. The van der Waals surface area contributed by atoms with Gasteiger partial charge in [-0.1, -0.05) is 30.9 Å². The third kappa shape index (κ3) is 5.95. The van der Waals surface area contributed by atoms with Crippen LogP contribution in [0.2, 0.25) is 0 Å². The van der Waals surface area contributed by atoms with Gasteiger partial charge < -0.3 is 24.8 Å². The van der Waals surface area contributed by atoms with Gasteiger partial charge in [-0.15, -0.1) is 0 Å². The Hall–Kier alpha value is -3.41. The van der Waals surface area contributed by atoms with Gasteiger partial charge in [0.15, 0.2) is 0 Å². The number of nitrogens with zero attached hydrogens (tertiary/aromatic N) is 6. The zero-order chi connectivity index (χ0) is 27.4. The van der Waals surface area contributed by atoms with E-state index in [0.717, 1.165) is 57.1 Å². The fourth-order valence-electron chi connectivity index (χ4n) is 6.23. The Morgan fingerprint density at radius 3 is 2.90 bits per heavy atom. The van der Waals surface area contributed by atoms with Gasteiger partial charge in [-0.25, -0.2) is 0 Å². The highest BCUT2D eigenvalue weighted by Crippen LogP contribution is 2.36. The molecule has 2 atom stereocenters. The molecule has 8 nitrogen and oxygen atoms in total. The van der Waals surface area contributed by atoms with Crippen LogP contribution in [0.4, 0.5) is 11.5 Å². The van der Waals surface area contributed by atoms with E-state index in [2.05, 4.69) is 77.8 Å². The smallest absolute Gasteiger partial charge is 0.318 e. The van der Waals surface area contributed by atoms with E-state index in [1.807, 2.05) is 6.08 Å². The van der Waals surface area contributed by atoms with Crippen LogP contribution in [0.1, 0.15) is 48.6 Å². The summed E-state index contributed by atoms with van der Waals surface area (Å²) in [5.41, 5.74) is 7.20. The zero-order valence-corrected chi connectivity index (χ0v) is 23.6. The molecule has 1 aromatic heterocycles. The number of hydrogen-bond donors (Lipinski definition) is 1. The number of fused-ring (bicyclic) bond motifs is 1. The number of piperazine rings is 1. The van der Waals surface area contributed by atoms with Gasteiger partial charge in [-0.3, -0.25) is 0 Å². The lowest BCUT2D eigenvalue weighted by molar-refractivity contribution is 0.187. The lowest BCUT2D eigenvalue weighted by atomic mass is 9.96. The lowest BCUT2D eigenvalue weighted by Crippen LogP contribution is -2.51. The summed E-state index contributed by atoms with van der Waals surface area (Å²) in [4.78, 5) is 17.1. The van der Waals surface area contributed by atoms with Crippen LogP contribution in [0, 0.1) is 18.3 Å². The van der Waals surface area contributed by atoms with Crippen LogP contribution >= 0.6 is 0 Å². The number of allylic oxidation sites excluding steroid dienone is 3. The van der Waals surface area contributed by atoms with E-state index in [1.54, 1.807) is 0 Å². The predicted molar refractivity (Wildman–Crippen MR) is 157 cm³/mol. The van der Waals surface area contributed by atoms with Gasteiger partial charge in [0.1, 0.15) is 12.4 Å². The molecule has 0 spiro atoms. The van der Waals surface area contributed by atoms with Crippen molar-refractivity contribution >= 4 is 17.1 Å². The van der Waals surface area contributed by atoms with Gasteiger partial charge in [0.05, 0.1) is 24.7 Å². The molecule has 206 valence electrons. The van der Waals surface area contributed by atoms with Crippen LogP contribution in [0.25, 0.3) is 5.57 Å². The highest BCUT2D eigenvalue weighted by atomic mass is 16.5. The highest BCUT2D eigenvalue weighted by molar-refractivity contribution is 5.79. The molecular formula is C31H41N7O. The van der Waals surface area contributed by atoms with Crippen molar-refractivity contribution in [3.8, 4) is 12.1 Å². The van der Waals surface area contributed by atoms with Gasteiger partial charge in [-0.2, -0.15) is 15.2 Å². The summed E-state index contributed by atoms with van der Waals surface area (Å²) in [6, 6.07) is 9.85. The van der Waals surface area contributed by atoms with Crippen LogP contribution in [-0.2, 0) is 13.0 Å². The number of anilines is 2. The first-order valence-corrected chi connectivity index (χ1v) is 14.2. The van der Waals surface area contributed by atoms with E-state index < -0.39 is 0 Å². The number of benzene rings is 1. The minimum atomic E-state index is 0.139. The van der Waals surface area contributed by atoms with Crippen LogP contribution in [0.3, 0.4) is 0 Å². The number of likely N-dealkylation sites (N-methyl/N-ethyl adjacent to an activating group) is 1. The molecule has 0 aliphatic carbocycles. The molecule has 0 radical (unpaired) electrons. The molecule has 2 saturated heterocycles. The SMILES string of the molecule is C=C/C=C(/C)c1c(C)cccc1N1CCc2c(nc(OCC3CCCN3C)nc2N2CCNC(CC#N)C2)C1. The Morgan fingerprint density at radius 1 is 1.26 bits per heavy atom. The molecule has 3 aliphatic heterocycles. The van der Waals surface area contributed by atoms with Crippen molar-refractivity contribution in [1.82, 2.24) is 20.2 Å². The van der Waals surface area contributed by atoms with Gasteiger partial charge in [0, 0.05) is 55.1 Å². The first-order valence-electron chi connectivity index (χ1n) is 14.2. The third-order valence-electron chi connectivity index (χ3n) is 8.35. The van der Waals surface area contributed by atoms with Crippen LogP contribution < -0.4 is 19.9 Å². The predicted octanol–water partition coefficient (Wildman–Crippen LogP) is 4.10. The molecule has 0 saturated carbocycles. The van der Waals surface area contributed by atoms with E-state index in [-0.39, 0.29) is 6.04 Å². The first-order chi connectivity index (χ1) is 19.0. The summed E-state index contributed by atoms with van der Waals surface area (Å²) in [6.45, 7) is 14.0. The molecule has 1 aromatic carbocycles. The number of nitrogens with one attached hydrogen (secondary N) is 1. The summed E-state index contributed by atoms with van der Waals surface area (Å²) in [6.07, 6.45) is 7.63. The average molecular weight is 528 g/mol. The zero-order valence-electron chi connectivity index (χ0n) is 23.6. The van der Waals surface area contributed by atoms with Crippen LogP contribution in [0.5, 0.6) is 6.01 Å². The molecule has 0 amide bonds. The molecule has 4 heterocycles. The third-order valence-corrected chi connectivity index (χ3v) is 8.35. The Morgan fingerprint density at radius 2 is 2.13 bits per heavy atom. The largest absolute Gasteiger partial charge is 0.462 e. The minimum absolute atomic E-state index is 0.139. The van der Waals surface area contributed by atoms with Gasteiger partial charge in [0.2, 0.25) is 0 Å². The Labute approximate surface area is 233 Å². The minimum Gasteiger partial charge on any atom is -0.462 e. The van der Waals surface area contributed by atoms with E-state index in [1.165, 1.54) is 34.4 Å². The Kier molecular flexibility index (Phi) is 8.49. The monoisotopic (exact) mass is 527 g/mol. The van der Waals surface area contributed by atoms with Crippen LogP contribution in [0.15, 0.2) is 36.9 Å². The molecule has 2 aromatic rings. The van der Waals surface area contributed by atoms with E-state index in [4.69, 9.17) is 14.7 Å². The standard InChI is InChI=1S/C31H41N7O/c1-5-8-22(2)29-23(3)9-6-11-28(29)37-17-13-26-27(20-37)34-31(39-21-25-10-7-16-36(25)4)35-30(26)38-18-15-33-24(19-38)12-14-32/h5-6,8-9,11,24-25,33H,1,7,10,12-13,15-21H2,2-4H3/b22-8-. The number of aryl methyl sites for hydroxylation is 1. The number of rotatable bonds is 8.